The van der Waals surface area contributed by atoms with Gasteiger partial charge in [-0.2, -0.15) is 15.5 Å². The van der Waals surface area contributed by atoms with Crippen LogP contribution in [0.4, 0.5) is 5.82 Å². The highest BCUT2D eigenvalue weighted by Crippen LogP contribution is 2.32. The first-order chi connectivity index (χ1) is 15.2. The second-order valence-electron chi connectivity index (χ2n) is 7.83. The first-order valence-corrected chi connectivity index (χ1v) is 10.5. The fraction of sp³-hybridized carbons (Fsp3) is 0.304. The van der Waals surface area contributed by atoms with Crippen LogP contribution in [-0.4, -0.2) is 62.0 Å². The fourth-order valence-electron chi connectivity index (χ4n) is 4.18. The molecule has 0 bridgehead atoms. The van der Waals surface area contributed by atoms with Crippen molar-refractivity contribution in [3.8, 4) is 28.3 Å². The van der Waals surface area contributed by atoms with Crippen LogP contribution >= 0.6 is 0 Å². The molecule has 8 nitrogen and oxygen atoms in total. The lowest BCUT2D eigenvalue weighted by atomic mass is 10.0. The summed E-state index contributed by atoms with van der Waals surface area (Å²) >= 11 is 0. The summed E-state index contributed by atoms with van der Waals surface area (Å²) in [7, 11) is 1.90. The minimum atomic E-state index is 0.549. The van der Waals surface area contributed by atoms with Crippen molar-refractivity contribution in [3.05, 3.63) is 54.7 Å². The maximum absolute atomic E-state index is 9.60. The van der Waals surface area contributed by atoms with E-state index >= 15 is 0 Å². The third-order valence-corrected chi connectivity index (χ3v) is 5.97. The second kappa shape index (κ2) is 7.85. The van der Waals surface area contributed by atoms with Crippen LogP contribution in [0.25, 0.3) is 27.8 Å². The number of fused-ring (bicyclic) bond motifs is 1. The average Bonchev–Trinajstić information content (AvgIpc) is 3.44. The van der Waals surface area contributed by atoms with Crippen LogP contribution < -0.4 is 4.90 Å². The first kappa shape index (κ1) is 19.3. The molecule has 5 heterocycles. The number of nitrogens with zero attached hydrogens (tertiary/aromatic N) is 8. The number of rotatable bonds is 4. The number of aromatic nitrogens is 5. The normalized spacial score (nSPS) is 14.8. The summed E-state index contributed by atoms with van der Waals surface area (Å²) in [5.74, 6) is 0.993. The van der Waals surface area contributed by atoms with E-state index in [1.54, 1.807) is 15.4 Å². The Bertz CT molecular complexity index is 1250. The summed E-state index contributed by atoms with van der Waals surface area (Å²) in [5.41, 5.74) is 5.23. The molecule has 1 aliphatic heterocycles. The quantitative estimate of drug-likeness (QED) is 0.513. The zero-order chi connectivity index (χ0) is 21.4. The van der Waals surface area contributed by atoms with Crippen molar-refractivity contribution in [2.75, 3.05) is 37.6 Å². The summed E-state index contributed by atoms with van der Waals surface area (Å²) in [6.07, 6.45) is 9.25. The predicted octanol–water partition coefficient (Wildman–Crippen LogP) is 2.81. The van der Waals surface area contributed by atoms with E-state index in [2.05, 4.69) is 51.2 Å². The number of nitriles is 1. The van der Waals surface area contributed by atoms with E-state index in [0.717, 1.165) is 66.3 Å². The zero-order valence-corrected chi connectivity index (χ0v) is 17.7. The van der Waals surface area contributed by atoms with Gasteiger partial charge in [-0.3, -0.25) is 4.68 Å². The maximum atomic E-state index is 9.60. The number of aryl methyl sites for hydroxylation is 1. The third kappa shape index (κ3) is 3.53. The molecular formula is C23H24N8. The molecule has 0 aromatic carbocycles. The van der Waals surface area contributed by atoms with Crippen molar-refractivity contribution >= 4 is 11.3 Å². The van der Waals surface area contributed by atoms with Crippen LogP contribution in [0.3, 0.4) is 0 Å². The molecule has 0 amide bonds. The van der Waals surface area contributed by atoms with Crippen LogP contribution in [0.15, 0.2) is 49.2 Å². The van der Waals surface area contributed by atoms with Crippen molar-refractivity contribution in [3.63, 3.8) is 0 Å². The molecule has 0 N–H and O–H groups in total. The minimum absolute atomic E-state index is 0.549. The highest BCUT2D eigenvalue weighted by atomic mass is 15.3. The summed E-state index contributed by atoms with van der Waals surface area (Å²) in [6.45, 7) is 7.40. The Balaban J connectivity index is 1.54. The van der Waals surface area contributed by atoms with Crippen LogP contribution in [-0.2, 0) is 7.05 Å². The third-order valence-electron chi connectivity index (χ3n) is 5.97. The molecule has 1 aliphatic rings. The van der Waals surface area contributed by atoms with Gasteiger partial charge in [0.1, 0.15) is 11.9 Å². The molecular weight excluding hydrogens is 388 g/mol. The lowest BCUT2D eigenvalue weighted by Gasteiger charge is -2.34. The molecule has 8 heteroatoms. The van der Waals surface area contributed by atoms with Gasteiger partial charge in [-0.25, -0.2) is 9.50 Å². The van der Waals surface area contributed by atoms with Gasteiger partial charge in [0.15, 0.2) is 0 Å². The van der Waals surface area contributed by atoms with Crippen molar-refractivity contribution in [2.24, 2.45) is 7.05 Å². The van der Waals surface area contributed by atoms with Crippen LogP contribution in [0.2, 0.25) is 0 Å². The van der Waals surface area contributed by atoms with Crippen LogP contribution in [0, 0.1) is 11.3 Å². The summed E-state index contributed by atoms with van der Waals surface area (Å²) in [5, 5.41) is 18.3. The Labute approximate surface area is 181 Å². The van der Waals surface area contributed by atoms with Gasteiger partial charge < -0.3 is 9.80 Å². The molecule has 1 saturated heterocycles. The Morgan fingerprint density at radius 3 is 2.45 bits per heavy atom. The second-order valence-corrected chi connectivity index (χ2v) is 7.83. The minimum Gasteiger partial charge on any atom is -0.354 e. The van der Waals surface area contributed by atoms with Gasteiger partial charge >= 0.3 is 0 Å². The number of piperazine rings is 1. The largest absolute Gasteiger partial charge is 0.354 e. The smallest absolute Gasteiger partial charge is 0.128 e. The molecule has 0 unspecified atom stereocenters. The predicted molar refractivity (Wildman–Crippen MR) is 120 cm³/mol. The first-order valence-electron chi connectivity index (χ1n) is 10.5. The van der Waals surface area contributed by atoms with E-state index < -0.39 is 0 Å². The van der Waals surface area contributed by atoms with Crippen LogP contribution in [0.5, 0.6) is 0 Å². The van der Waals surface area contributed by atoms with Gasteiger partial charge in [-0.05, 0) is 24.7 Å². The number of anilines is 1. The number of likely N-dealkylation sites (N-methyl/N-ethyl adjacent to an activating group) is 1. The molecule has 5 rings (SSSR count). The summed E-state index contributed by atoms with van der Waals surface area (Å²) in [6, 6.07) is 8.52. The lowest BCUT2D eigenvalue weighted by Crippen LogP contribution is -2.46. The number of hydrogen-bond donors (Lipinski definition) is 0. The van der Waals surface area contributed by atoms with Crippen molar-refractivity contribution in [1.82, 2.24) is 29.3 Å². The van der Waals surface area contributed by atoms with E-state index in [-0.39, 0.29) is 0 Å². The highest BCUT2D eigenvalue weighted by Gasteiger charge is 2.18. The van der Waals surface area contributed by atoms with Gasteiger partial charge in [0.25, 0.3) is 0 Å². The molecule has 0 aliphatic carbocycles. The molecule has 156 valence electrons. The van der Waals surface area contributed by atoms with Crippen molar-refractivity contribution in [1.29, 1.82) is 5.26 Å². The van der Waals surface area contributed by atoms with Gasteiger partial charge in [-0.15, -0.1) is 0 Å². The van der Waals surface area contributed by atoms with E-state index in [1.165, 1.54) is 0 Å². The molecule has 31 heavy (non-hydrogen) atoms. The van der Waals surface area contributed by atoms with Crippen molar-refractivity contribution < 1.29 is 0 Å². The average molecular weight is 413 g/mol. The van der Waals surface area contributed by atoms with Gasteiger partial charge in [0.05, 0.1) is 23.5 Å². The molecule has 4 aromatic heterocycles. The monoisotopic (exact) mass is 412 g/mol. The van der Waals surface area contributed by atoms with Gasteiger partial charge in [-0.1, -0.05) is 6.92 Å². The summed E-state index contributed by atoms with van der Waals surface area (Å²) in [4.78, 5) is 9.54. The van der Waals surface area contributed by atoms with Gasteiger partial charge in [0, 0.05) is 74.1 Å². The topological polar surface area (TPSA) is 78.3 Å². The van der Waals surface area contributed by atoms with E-state index in [9.17, 15) is 5.26 Å². The van der Waals surface area contributed by atoms with Crippen LogP contribution in [0.1, 0.15) is 12.5 Å². The zero-order valence-electron chi connectivity index (χ0n) is 17.7. The Kier molecular flexibility index (Phi) is 4.88. The highest BCUT2D eigenvalue weighted by molar-refractivity contribution is 5.87. The Morgan fingerprint density at radius 1 is 0.968 bits per heavy atom. The molecule has 0 atom stereocenters. The Hall–Kier alpha value is -3.70. The number of hydrogen-bond acceptors (Lipinski definition) is 6. The molecule has 0 spiro atoms. The fourth-order valence-corrected chi connectivity index (χ4v) is 4.18. The molecule has 4 aromatic rings. The SMILES string of the molecule is CCN1CCN(c2ccc(-c3cc(-c4cnn(C)c4)cn4ncc(C#N)c34)cn2)CC1. The molecule has 0 saturated carbocycles. The lowest BCUT2D eigenvalue weighted by molar-refractivity contribution is 0.270. The Morgan fingerprint density at radius 2 is 1.81 bits per heavy atom. The van der Waals surface area contributed by atoms with E-state index in [1.807, 2.05) is 31.8 Å². The standard InChI is InChI=1S/C23H24N8/c1-3-29-6-8-30(9-7-29)22-5-4-17(12-25-22)21-10-18(20-14-26-28(2)15-20)16-31-23(21)19(11-24)13-27-31/h4-5,10,12-16H,3,6-9H2,1-2H3. The van der Waals surface area contributed by atoms with E-state index in [0.29, 0.717) is 5.56 Å². The van der Waals surface area contributed by atoms with Gasteiger partial charge in [0.2, 0.25) is 0 Å². The van der Waals surface area contributed by atoms with E-state index in [4.69, 9.17) is 4.98 Å². The summed E-state index contributed by atoms with van der Waals surface area (Å²) < 4.78 is 3.55. The van der Waals surface area contributed by atoms with Crippen molar-refractivity contribution in [2.45, 2.75) is 6.92 Å². The number of pyridine rings is 2. The molecule has 1 fully saturated rings. The molecule has 0 radical (unpaired) electrons. The maximum Gasteiger partial charge on any atom is 0.128 e.